The molecule has 0 saturated carbocycles. The molecule has 0 spiro atoms. The molecule has 1 aromatic carbocycles. The fraction of sp³-hybridized carbons (Fsp3) is 0.400. The van der Waals surface area contributed by atoms with Gasteiger partial charge in [-0.3, -0.25) is 14.5 Å². The number of β-lactam (4-membered cyclic amide) rings is 1. The largest absolute Gasteiger partial charge is 0.477 e. The Kier molecular flexibility index (Phi) is 7.16. The molecule has 3 rings (SSSR count). The first-order valence-corrected chi connectivity index (χ1v) is 11.5. The minimum Gasteiger partial charge on any atom is -0.477 e. The Morgan fingerprint density at radius 2 is 2.00 bits per heavy atom. The molecule has 172 valence electrons. The van der Waals surface area contributed by atoms with E-state index in [9.17, 15) is 24.3 Å². The monoisotopic (exact) mass is 527 g/mol. The maximum absolute atomic E-state index is 13.2. The van der Waals surface area contributed by atoms with Crippen molar-refractivity contribution < 1.29 is 33.8 Å². The van der Waals surface area contributed by atoms with Crippen LogP contribution in [-0.4, -0.2) is 63.4 Å². The zero-order valence-electron chi connectivity index (χ0n) is 17.3. The average molecular weight is 528 g/mol. The van der Waals surface area contributed by atoms with Crippen LogP contribution in [0.2, 0.25) is 0 Å². The average Bonchev–Trinajstić information content (AvgIpc) is 2.71. The molecule has 12 heteroatoms. The molecule has 2 aliphatic heterocycles. The lowest BCUT2D eigenvalue weighted by molar-refractivity contribution is -0.206. The van der Waals surface area contributed by atoms with Crippen LogP contribution in [-0.2, 0) is 30.3 Å². The smallest absolute Gasteiger partial charge is 0.404 e. The van der Waals surface area contributed by atoms with Crippen molar-refractivity contribution in [2.24, 2.45) is 5.73 Å². The van der Waals surface area contributed by atoms with Crippen LogP contribution in [0.25, 0.3) is 0 Å². The number of thioether (sulfide) groups is 1. The number of nitrogens with one attached hydrogen (secondary N) is 1. The molecule has 3 amide bonds. The minimum atomic E-state index is -1.71. The predicted molar refractivity (Wildman–Crippen MR) is 118 cm³/mol. The van der Waals surface area contributed by atoms with Gasteiger partial charge in [0.2, 0.25) is 5.91 Å². The third-order valence-electron chi connectivity index (χ3n) is 4.73. The van der Waals surface area contributed by atoms with E-state index in [2.05, 4.69) is 21.2 Å². The summed E-state index contributed by atoms with van der Waals surface area (Å²) >= 11 is 4.54. The van der Waals surface area contributed by atoms with Gasteiger partial charge in [-0.25, -0.2) is 9.59 Å². The van der Waals surface area contributed by atoms with Crippen molar-refractivity contribution in [3.63, 3.8) is 0 Å². The number of amides is 3. The Morgan fingerprint density at radius 1 is 1.34 bits per heavy atom. The van der Waals surface area contributed by atoms with E-state index >= 15 is 0 Å². The van der Waals surface area contributed by atoms with Crippen LogP contribution < -0.4 is 11.1 Å². The molecule has 0 aromatic heterocycles. The number of ether oxygens (including phenoxy) is 2. The number of benzene rings is 1. The van der Waals surface area contributed by atoms with Gasteiger partial charge in [-0.2, -0.15) is 0 Å². The van der Waals surface area contributed by atoms with Crippen molar-refractivity contribution in [3.8, 4) is 0 Å². The van der Waals surface area contributed by atoms with Crippen LogP contribution in [0.1, 0.15) is 19.4 Å². The summed E-state index contributed by atoms with van der Waals surface area (Å²) in [5, 5.41) is 11.6. The number of halogens is 1. The molecule has 0 radical (unpaired) electrons. The number of nitrogens with zero attached hydrogens (tertiary/aromatic N) is 1. The van der Waals surface area contributed by atoms with Crippen LogP contribution in [0, 0.1) is 0 Å². The number of aliphatic carboxylic acids is 1. The summed E-state index contributed by atoms with van der Waals surface area (Å²) in [6.07, 6.45) is -1.46. The van der Waals surface area contributed by atoms with Crippen molar-refractivity contribution in [3.05, 3.63) is 45.6 Å². The fourth-order valence-corrected chi connectivity index (χ4v) is 5.17. The standard InChI is InChI=1S/C20H22BrN3O7S/c1-10(2)31-20(23-14(25)7-11-3-5-13(21)6-4-11)17(28)24-15(16(26)27)12(8-30-19(22)29)9-32-18(20)24/h3-6,10,18H,7-9H2,1-2H3,(H2,22,29)(H,23,25)(H,26,27)/t18-,20?/m0/s1. The molecule has 2 heterocycles. The Labute approximate surface area is 196 Å². The lowest BCUT2D eigenvalue weighted by Crippen LogP contribution is -2.81. The summed E-state index contributed by atoms with van der Waals surface area (Å²) in [5.74, 6) is -2.35. The highest BCUT2D eigenvalue weighted by atomic mass is 79.9. The Morgan fingerprint density at radius 3 is 2.56 bits per heavy atom. The number of primary amides is 1. The summed E-state index contributed by atoms with van der Waals surface area (Å²) in [6.45, 7) is 3.08. The lowest BCUT2D eigenvalue weighted by atomic mass is 9.97. The molecule has 0 aliphatic carbocycles. The Balaban J connectivity index is 1.86. The van der Waals surface area contributed by atoms with E-state index in [0.29, 0.717) is 0 Å². The van der Waals surface area contributed by atoms with Crippen molar-refractivity contribution in [2.75, 3.05) is 12.4 Å². The van der Waals surface area contributed by atoms with E-state index in [1.54, 1.807) is 38.1 Å². The first-order valence-electron chi connectivity index (χ1n) is 9.61. The summed E-state index contributed by atoms with van der Waals surface area (Å²) in [7, 11) is 0. The summed E-state index contributed by atoms with van der Waals surface area (Å²) in [4.78, 5) is 49.9. The van der Waals surface area contributed by atoms with E-state index in [0.717, 1.165) is 14.9 Å². The molecule has 1 aromatic rings. The highest BCUT2D eigenvalue weighted by Gasteiger charge is 2.67. The number of nitrogens with two attached hydrogens (primary N) is 1. The van der Waals surface area contributed by atoms with Crippen LogP contribution in [0.15, 0.2) is 40.0 Å². The molecule has 32 heavy (non-hydrogen) atoms. The number of carboxylic acid groups (broad SMARTS) is 1. The highest BCUT2D eigenvalue weighted by Crippen LogP contribution is 2.47. The quantitative estimate of drug-likeness (QED) is 0.340. The van der Waals surface area contributed by atoms with Gasteiger partial charge in [0.1, 0.15) is 17.7 Å². The van der Waals surface area contributed by atoms with Gasteiger partial charge >= 0.3 is 12.1 Å². The third-order valence-corrected chi connectivity index (χ3v) is 6.63. The maximum Gasteiger partial charge on any atom is 0.404 e. The third kappa shape index (κ3) is 4.76. The number of hydrogen-bond acceptors (Lipinski definition) is 7. The van der Waals surface area contributed by atoms with E-state index in [1.807, 2.05) is 0 Å². The van der Waals surface area contributed by atoms with Gasteiger partial charge in [0.25, 0.3) is 11.6 Å². The number of carboxylic acids is 1. The van der Waals surface area contributed by atoms with E-state index in [-0.39, 0.29) is 30.1 Å². The second-order valence-electron chi connectivity index (χ2n) is 7.46. The number of rotatable bonds is 8. The van der Waals surface area contributed by atoms with Crippen LogP contribution in [0.5, 0.6) is 0 Å². The summed E-state index contributed by atoms with van der Waals surface area (Å²) in [5.41, 5.74) is 3.93. The predicted octanol–water partition coefficient (Wildman–Crippen LogP) is 1.58. The second kappa shape index (κ2) is 9.51. The van der Waals surface area contributed by atoms with Crippen molar-refractivity contribution in [1.82, 2.24) is 10.2 Å². The van der Waals surface area contributed by atoms with Crippen molar-refractivity contribution in [2.45, 2.75) is 37.5 Å². The molecule has 1 fully saturated rings. The first kappa shape index (κ1) is 24.1. The Bertz CT molecular complexity index is 982. The molecule has 1 saturated heterocycles. The molecule has 2 atom stereocenters. The van der Waals surface area contributed by atoms with E-state index in [4.69, 9.17) is 15.2 Å². The topological polar surface area (TPSA) is 148 Å². The Hall–Kier alpha value is -2.57. The lowest BCUT2D eigenvalue weighted by Gasteiger charge is -2.56. The number of fused-ring (bicyclic) bond motifs is 1. The van der Waals surface area contributed by atoms with Crippen molar-refractivity contribution in [1.29, 1.82) is 0 Å². The van der Waals surface area contributed by atoms with Crippen molar-refractivity contribution >= 4 is 51.6 Å². The second-order valence-corrected chi connectivity index (χ2v) is 9.44. The molecule has 4 N–H and O–H groups in total. The molecule has 1 unspecified atom stereocenters. The minimum absolute atomic E-state index is 0.0144. The van der Waals surface area contributed by atoms with Crippen LogP contribution in [0.4, 0.5) is 4.79 Å². The molecular formula is C20H22BrN3O7S. The summed E-state index contributed by atoms with van der Waals surface area (Å²) < 4.78 is 11.5. The zero-order chi connectivity index (χ0) is 23.6. The van der Waals surface area contributed by atoms with Gasteiger partial charge in [0.05, 0.1) is 12.5 Å². The maximum atomic E-state index is 13.2. The van der Waals surface area contributed by atoms with Gasteiger partial charge in [-0.1, -0.05) is 28.1 Å². The molecule has 10 nitrogen and oxygen atoms in total. The number of carbonyl (C=O) groups excluding carboxylic acids is 3. The van der Waals surface area contributed by atoms with E-state index < -0.39 is 41.1 Å². The molecular weight excluding hydrogens is 506 g/mol. The SMILES string of the molecule is CC(C)OC1(NC(=O)Cc2ccc(Br)cc2)C(=O)N2C(C(=O)O)=C(COC(N)=O)CS[C@H]21. The highest BCUT2D eigenvalue weighted by molar-refractivity contribution is 9.10. The van der Waals surface area contributed by atoms with Gasteiger partial charge in [-0.15, -0.1) is 11.8 Å². The van der Waals surface area contributed by atoms with Gasteiger partial charge in [0, 0.05) is 15.8 Å². The van der Waals surface area contributed by atoms with Gasteiger partial charge in [0.15, 0.2) is 0 Å². The number of carbonyl (C=O) groups is 4. The van der Waals surface area contributed by atoms with Gasteiger partial charge < -0.3 is 25.6 Å². The molecule has 0 bridgehead atoms. The van der Waals surface area contributed by atoms with Gasteiger partial charge in [-0.05, 0) is 31.5 Å². The molecule has 2 aliphatic rings. The first-order chi connectivity index (χ1) is 15.0. The van der Waals surface area contributed by atoms with Crippen LogP contribution >= 0.6 is 27.7 Å². The van der Waals surface area contributed by atoms with Crippen LogP contribution in [0.3, 0.4) is 0 Å². The number of hydrogen-bond donors (Lipinski definition) is 3. The normalized spacial score (nSPS) is 22.3. The zero-order valence-corrected chi connectivity index (χ0v) is 19.7. The summed E-state index contributed by atoms with van der Waals surface area (Å²) in [6, 6.07) is 7.16. The van der Waals surface area contributed by atoms with E-state index in [1.165, 1.54) is 11.8 Å². The fourth-order valence-electron chi connectivity index (χ4n) is 3.52.